The largest absolute Gasteiger partial charge is 0.361 e. The minimum atomic E-state index is -0.0499. The van der Waals surface area contributed by atoms with Crippen molar-refractivity contribution in [2.24, 2.45) is 5.92 Å². The van der Waals surface area contributed by atoms with E-state index in [0.29, 0.717) is 32.4 Å². The molecule has 1 aromatic heterocycles. The zero-order valence-electron chi connectivity index (χ0n) is 17.0. The second-order valence-electron chi connectivity index (χ2n) is 7.95. The fraction of sp³-hybridized carbons (Fsp3) is 0.333. The molecule has 0 spiro atoms. The van der Waals surface area contributed by atoms with Crippen LogP contribution in [0.25, 0.3) is 10.9 Å². The fourth-order valence-corrected chi connectivity index (χ4v) is 4.18. The molecule has 0 unspecified atom stereocenters. The molecule has 29 heavy (non-hydrogen) atoms. The molecule has 0 atom stereocenters. The summed E-state index contributed by atoms with van der Waals surface area (Å²) in [5.41, 5.74) is 5.14. The summed E-state index contributed by atoms with van der Waals surface area (Å²) in [6.45, 7) is 5.28. The van der Waals surface area contributed by atoms with E-state index < -0.39 is 0 Å². The van der Waals surface area contributed by atoms with Gasteiger partial charge in [0.1, 0.15) is 0 Å². The van der Waals surface area contributed by atoms with Crippen molar-refractivity contribution in [3.63, 3.8) is 0 Å². The highest BCUT2D eigenvalue weighted by Crippen LogP contribution is 2.25. The van der Waals surface area contributed by atoms with Crippen molar-refractivity contribution >= 4 is 28.4 Å². The van der Waals surface area contributed by atoms with Gasteiger partial charge < -0.3 is 15.2 Å². The lowest BCUT2D eigenvalue weighted by Gasteiger charge is -2.31. The number of nitrogens with one attached hydrogen (secondary N) is 2. The second kappa shape index (κ2) is 8.11. The number of piperidine rings is 1. The first-order chi connectivity index (χ1) is 14.0. The molecule has 5 nitrogen and oxygen atoms in total. The molecule has 4 rings (SSSR count). The highest BCUT2D eigenvalue weighted by Gasteiger charge is 2.28. The number of carbonyl (C=O) groups is 2. The summed E-state index contributed by atoms with van der Waals surface area (Å²) >= 11 is 0. The lowest BCUT2D eigenvalue weighted by Crippen LogP contribution is -2.42. The van der Waals surface area contributed by atoms with E-state index in [-0.39, 0.29) is 17.7 Å². The van der Waals surface area contributed by atoms with E-state index >= 15 is 0 Å². The molecule has 1 aliphatic rings. The van der Waals surface area contributed by atoms with Crippen LogP contribution in [0.1, 0.15) is 29.5 Å². The van der Waals surface area contributed by atoms with Gasteiger partial charge in [-0.2, -0.15) is 0 Å². The van der Waals surface area contributed by atoms with Gasteiger partial charge in [-0.3, -0.25) is 9.59 Å². The number of para-hydroxylation sites is 2. The lowest BCUT2D eigenvalue weighted by atomic mass is 9.95. The number of aryl methyl sites for hydroxylation is 2. The molecule has 2 N–H and O–H groups in total. The Morgan fingerprint density at radius 3 is 2.45 bits per heavy atom. The SMILES string of the molecule is Cc1cccc(C)c1NC(=O)C1CCN(C(=O)Cc2c[nH]c3ccccc23)CC1. The molecular formula is C24H27N3O2. The molecule has 0 saturated carbocycles. The molecule has 2 heterocycles. The maximum atomic E-state index is 12.8. The summed E-state index contributed by atoms with van der Waals surface area (Å²) in [7, 11) is 0. The number of carbonyl (C=O) groups excluding carboxylic acids is 2. The summed E-state index contributed by atoms with van der Waals surface area (Å²) < 4.78 is 0. The third kappa shape index (κ3) is 4.04. The molecule has 1 saturated heterocycles. The smallest absolute Gasteiger partial charge is 0.227 e. The molecule has 2 amide bonds. The number of likely N-dealkylation sites (tertiary alicyclic amines) is 1. The number of fused-ring (bicyclic) bond motifs is 1. The van der Waals surface area contributed by atoms with E-state index in [1.54, 1.807) is 0 Å². The van der Waals surface area contributed by atoms with Crippen LogP contribution in [0.2, 0.25) is 0 Å². The molecule has 5 heteroatoms. The Bertz CT molecular complexity index is 1020. The van der Waals surface area contributed by atoms with Crippen molar-refractivity contribution in [2.75, 3.05) is 18.4 Å². The number of hydrogen-bond donors (Lipinski definition) is 2. The van der Waals surface area contributed by atoms with Crippen molar-refractivity contribution < 1.29 is 9.59 Å². The fourth-order valence-electron chi connectivity index (χ4n) is 4.18. The number of H-pyrrole nitrogens is 1. The van der Waals surface area contributed by atoms with E-state index in [1.807, 2.05) is 67.4 Å². The van der Waals surface area contributed by atoms with Gasteiger partial charge >= 0.3 is 0 Å². The maximum Gasteiger partial charge on any atom is 0.227 e. The average molecular weight is 389 g/mol. The minimum absolute atomic E-state index is 0.0499. The van der Waals surface area contributed by atoms with Crippen LogP contribution in [0.15, 0.2) is 48.7 Å². The van der Waals surface area contributed by atoms with Gasteiger partial charge in [0, 0.05) is 41.8 Å². The van der Waals surface area contributed by atoms with Gasteiger partial charge in [-0.05, 0) is 49.4 Å². The van der Waals surface area contributed by atoms with Crippen molar-refractivity contribution in [1.82, 2.24) is 9.88 Å². The zero-order valence-corrected chi connectivity index (χ0v) is 17.0. The van der Waals surface area contributed by atoms with Crippen LogP contribution in [0.5, 0.6) is 0 Å². The molecule has 3 aromatic rings. The van der Waals surface area contributed by atoms with Crippen molar-refractivity contribution in [1.29, 1.82) is 0 Å². The topological polar surface area (TPSA) is 65.2 Å². The van der Waals surface area contributed by atoms with Gasteiger partial charge in [0.2, 0.25) is 11.8 Å². The van der Waals surface area contributed by atoms with Crippen molar-refractivity contribution in [3.8, 4) is 0 Å². The van der Waals surface area contributed by atoms with Crippen LogP contribution in [-0.2, 0) is 16.0 Å². The summed E-state index contributed by atoms with van der Waals surface area (Å²) in [5, 5.41) is 4.20. The summed E-state index contributed by atoms with van der Waals surface area (Å²) in [4.78, 5) is 30.6. The van der Waals surface area contributed by atoms with Crippen LogP contribution in [-0.4, -0.2) is 34.8 Å². The first kappa shape index (κ1) is 19.2. The Morgan fingerprint density at radius 1 is 1.03 bits per heavy atom. The quantitative estimate of drug-likeness (QED) is 0.702. The van der Waals surface area contributed by atoms with Gasteiger partial charge in [-0.1, -0.05) is 36.4 Å². The van der Waals surface area contributed by atoms with E-state index in [9.17, 15) is 9.59 Å². The predicted molar refractivity (Wildman–Crippen MR) is 116 cm³/mol. The van der Waals surface area contributed by atoms with Gasteiger partial charge in [0.05, 0.1) is 6.42 Å². The predicted octanol–water partition coefficient (Wildman–Crippen LogP) is 4.20. The van der Waals surface area contributed by atoms with Gasteiger partial charge in [-0.25, -0.2) is 0 Å². The second-order valence-corrected chi connectivity index (χ2v) is 7.95. The number of hydrogen-bond acceptors (Lipinski definition) is 2. The van der Waals surface area contributed by atoms with E-state index in [0.717, 1.165) is 33.3 Å². The summed E-state index contributed by atoms with van der Waals surface area (Å²) in [6, 6.07) is 14.0. The Morgan fingerprint density at radius 2 is 1.72 bits per heavy atom. The normalized spacial score (nSPS) is 14.9. The van der Waals surface area contributed by atoms with Crippen LogP contribution in [0, 0.1) is 19.8 Å². The third-order valence-electron chi connectivity index (χ3n) is 5.96. The number of aromatic amines is 1. The standard InChI is InChI=1S/C24H27N3O2/c1-16-6-5-7-17(2)23(16)26-24(29)18-10-12-27(13-11-18)22(28)14-19-15-25-21-9-4-3-8-20(19)21/h3-9,15,18,25H,10-14H2,1-2H3,(H,26,29). The number of benzene rings is 2. The summed E-state index contributed by atoms with van der Waals surface area (Å²) in [5.74, 6) is 0.139. The first-order valence-corrected chi connectivity index (χ1v) is 10.2. The molecule has 0 aliphatic carbocycles. The molecule has 0 radical (unpaired) electrons. The number of anilines is 1. The van der Waals surface area contributed by atoms with E-state index in [2.05, 4.69) is 10.3 Å². The maximum absolute atomic E-state index is 12.8. The third-order valence-corrected chi connectivity index (χ3v) is 5.96. The van der Waals surface area contributed by atoms with E-state index in [1.165, 1.54) is 0 Å². The zero-order chi connectivity index (χ0) is 20.4. The van der Waals surface area contributed by atoms with Crippen molar-refractivity contribution in [3.05, 3.63) is 65.4 Å². The Kier molecular flexibility index (Phi) is 5.38. The van der Waals surface area contributed by atoms with Crippen molar-refractivity contribution in [2.45, 2.75) is 33.1 Å². The monoisotopic (exact) mass is 389 g/mol. The molecule has 0 bridgehead atoms. The molecule has 1 aliphatic heterocycles. The highest BCUT2D eigenvalue weighted by molar-refractivity contribution is 5.94. The van der Waals surface area contributed by atoms with Crippen LogP contribution < -0.4 is 5.32 Å². The van der Waals surface area contributed by atoms with Crippen LogP contribution in [0.4, 0.5) is 5.69 Å². The number of amides is 2. The molecule has 2 aromatic carbocycles. The van der Waals surface area contributed by atoms with Gasteiger partial charge in [-0.15, -0.1) is 0 Å². The van der Waals surface area contributed by atoms with Crippen LogP contribution >= 0.6 is 0 Å². The Balaban J connectivity index is 1.34. The lowest BCUT2D eigenvalue weighted by molar-refractivity contribution is -0.133. The summed E-state index contributed by atoms with van der Waals surface area (Å²) in [6.07, 6.45) is 3.73. The Hall–Kier alpha value is -3.08. The number of aromatic nitrogens is 1. The Labute approximate surface area is 171 Å². The first-order valence-electron chi connectivity index (χ1n) is 10.2. The molecular weight excluding hydrogens is 362 g/mol. The molecule has 1 fully saturated rings. The van der Waals surface area contributed by atoms with Crippen LogP contribution in [0.3, 0.4) is 0 Å². The highest BCUT2D eigenvalue weighted by atomic mass is 16.2. The van der Waals surface area contributed by atoms with E-state index in [4.69, 9.17) is 0 Å². The molecule has 150 valence electrons. The average Bonchev–Trinajstić information content (AvgIpc) is 3.14. The number of nitrogens with zero attached hydrogens (tertiary/aromatic N) is 1. The number of rotatable bonds is 4. The van der Waals surface area contributed by atoms with Gasteiger partial charge in [0.25, 0.3) is 0 Å². The minimum Gasteiger partial charge on any atom is -0.361 e. The van der Waals surface area contributed by atoms with Gasteiger partial charge in [0.15, 0.2) is 0 Å².